The summed E-state index contributed by atoms with van der Waals surface area (Å²) < 4.78 is 33.6. The van der Waals surface area contributed by atoms with Crippen molar-refractivity contribution in [2.45, 2.75) is 251 Å². The third kappa shape index (κ3) is 26.8. The van der Waals surface area contributed by atoms with Crippen LogP contribution in [0, 0.1) is 6.92 Å². The van der Waals surface area contributed by atoms with Crippen LogP contribution in [0.5, 0.6) is 0 Å². The van der Waals surface area contributed by atoms with E-state index in [9.17, 15) is 23.9 Å². The van der Waals surface area contributed by atoms with Crippen LogP contribution in [-0.2, 0) is 50.1 Å². The minimum Gasteiger partial charge on any atom is -0.381 e. The van der Waals surface area contributed by atoms with E-state index in [0.29, 0.717) is 58.5 Å². The molecule has 0 atom stereocenters. The molecule has 4 aromatic rings. The lowest BCUT2D eigenvalue weighted by atomic mass is 9.68. The summed E-state index contributed by atoms with van der Waals surface area (Å²) in [6.45, 7) is 7.44. The van der Waals surface area contributed by atoms with E-state index < -0.39 is 41.9 Å². The molecule has 0 bridgehead atoms. The van der Waals surface area contributed by atoms with E-state index in [2.05, 4.69) is 18.8 Å². The second kappa shape index (κ2) is 40.9. The third-order valence-corrected chi connectivity index (χ3v) is 16.2. The molecule has 450 valence electrons. The van der Waals surface area contributed by atoms with E-state index >= 15 is 9.59 Å². The molecule has 15 heteroatoms. The van der Waals surface area contributed by atoms with E-state index in [1.54, 1.807) is 6.92 Å². The van der Waals surface area contributed by atoms with Crippen LogP contribution < -0.4 is 22.5 Å². The van der Waals surface area contributed by atoms with Crippen molar-refractivity contribution in [3.63, 3.8) is 0 Å². The van der Waals surface area contributed by atoms with Gasteiger partial charge in [-0.15, -0.1) is 0 Å². The number of hydrogen-bond acceptors (Lipinski definition) is 8. The van der Waals surface area contributed by atoms with Gasteiger partial charge in [-0.3, -0.25) is 32.8 Å². The van der Waals surface area contributed by atoms with Gasteiger partial charge in [0.05, 0.1) is 18.7 Å². The number of hydrogen-bond donors (Lipinski definition) is 3. The Labute approximate surface area is 480 Å². The minimum atomic E-state index is -4.59. The highest BCUT2D eigenvalue weighted by molar-refractivity contribution is 7.51. The molecule has 2 heterocycles. The zero-order valence-corrected chi connectivity index (χ0v) is 50.7. The maximum Gasteiger partial charge on any atom is 0.350 e. The Morgan fingerprint density at radius 3 is 1.35 bits per heavy atom. The van der Waals surface area contributed by atoms with Gasteiger partial charge >= 0.3 is 19.0 Å². The summed E-state index contributed by atoms with van der Waals surface area (Å²) in [5.74, 6) is -0.0235. The standard InChI is InChI=1S/C65H105N4O10P/c1-4-6-8-10-12-14-16-18-20-22-24-26-28-36-47-77-49-38-44-65(52-57-40-32-30-33-41-57,53-58-42-34-31-35-43-58)59-61(69-54-56(3)60(70)66-63(69)72)67(46-51-79-55-80(74,75)76)64(73)68(62(59)71)45-39-50-78-48-37-29-27-25-23-21-19-17-15-13-11-9-7-5-2/h30-35,40-43,54H,4-29,36-39,44-53,55H2,1-3H3,(H,66,70,72)(H2,74,75,76). The molecule has 4 rings (SSSR count). The molecule has 0 aliphatic heterocycles. The predicted molar refractivity (Wildman–Crippen MR) is 327 cm³/mol. The van der Waals surface area contributed by atoms with Crippen molar-refractivity contribution in [3.8, 4) is 5.82 Å². The van der Waals surface area contributed by atoms with Crippen LogP contribution in [-0.4, -0.2) is 67.9 Å². The highest BCUT2D eigenvalue weighted by atomic mass is 31.2. The Kier molecular flexibility index (Phi) is 35.0. The maximum absolute atomic E-state index is 15.8. The van der Waals surface area contributed by atoms with Gasteiger partial charge in [0.15, 0.2) is 0 Å². The first-order valence-corrected chi connectivity index (χ1v) is 33.3. The Morgan fingerprint density at radius 2 is 0.912 bits per heavy atom. The molecule has 0 aliphatic rings. The fourth-order valence-corrected chi connectivity index (χ4v) is 11.6. The average Bonchev–Trinajstić information content (AvgIpc) is 3.52. The average molecular weight is 1130 g/mol. The molecule has 0 radical (unpaired) electrons. The van der Waals surface area contributed by atoms with Crippen LogP contribution in [0.15, 0.2) is 86.0 Å². The van der Waals surface area contributed by atoms with Gasteiger partial charge in [0.25, 0.3) is 11.1 Å². The van der Waals surface area contributed by atoms with Crippen molar-refractivity contribution in [2.75, 3.05) is 39.4 Å². The van der Waals surface area contributed by atoms with Crippen LogP contribution in [0.2, 0.25) is 0 Å². The number of nitrogens with zero attached hydrogens (tertiary/aromatic N) is 3. The van der Waals surface area contributed by atoms with Crippen LogP contribution in [0.4, 0.5) is 0 Å². The molecule has 0 spiro atoms. The van der Waals surface area contributed by atoms with Crippen molar-refractivity contribution in [3.05, 3.63) is 131 Å². The number of aryl methyl sites for hydroxylation is 1. The summed E-state index contributed by atoms with van der Waals surface area (Å²) in [4.78, 5) is 79.9. The number of rotatable bonds is 49. The molecule has 0 fully saturated rings. The largest absolute Gasteiger partial charge is 0.381 e. The van der Waals surface area contributed by atoms with Crippen LogP contribution in [0.25, 0.3) is 5.82 Å². The van der Waals surface area contributed by atoms with Crippen molar-refractivity contribution < 1.29 is 28.6 Å². The minimum absolute atomic E-state index is 0.0155. The summed E-state index contributed by atoms with van der Waals surface area (Å²) in [6.07, 6.45) is 38.0. The second-order valence-corrected chi connectivity index (χ2v) is 24.3. The summed E-state index contributed by atoms with van der Waals surface area (Å²) in [6, 6.07) is 19.8. The number of aromatic amines is 1. The van der Waals surface area contributed by atoms with Gasteiger partial charge in [-0.25, -0.2) is 9.59 Å². The quantitative estimate of drug-likeness (QED) is 0.0284. The highest BCUT2D eigenvalue weighted by Gasteiger charge is 2.40. The molecule has 0 saturated heterocycles. The molecule has 0 saturated carbocycles. The molecular formula is C65H105N4O10P. The summed E-state index contributed by atoms with van der Waals surface area (Å²) >= 11 is 0. The zero-order chi connectivity index (χ0) is 57.5. The number of unbranched alkanes of at least 4 members (excludes halogenated alkanes) is 26. The van der Waals surface area contributed by atoms with Gasteiger partial charge in [-0.1, -0.05) is 241 Å². The van der Waals surface area contributed by atoms with Crippen molar-refractivity contribution >= 4 is 7.60 Å². The van der Waals surface area contributed by atoms with Crippen LogP contribution in [0.3, 0.4) is 0 Å². The van der Waals surface area contributed by atoms with Gasteiger partial charge in [0, 0.05) is 50.1 Å². The van der Waals surface area contributed by atoms with Crippen molar-refractivity contribution in [2.24, 2.45) is 0 Å². The fraction of sp³-hybridized carbons (Fsp3) is 0.692. The first-order chi connectivity index (χ1) is 38.9. The van der Waals surface area contributed by atoms with Crippen molar-refractivity contribution in [1.82, 2.24) is 18.7 Å². The molecule has 2 aromatic carbocycles. The fourth-order valence-electron chi connectivity index (χ4n) is 11.2. The van der Waals surface area contributed by atoms with Crippen LogP contribution >= 0.6 is 7.60 Å². The maximum atomic E-state index is 15.8. The number of nitrogens with one attached hydrogen (secondary N) is 1. The lowest BCUT2D eigenvalue weighted by Gasteiger charge is -2.37. The van der Waals surface area contributed by atoms with Gasteiger partial charge in [0.2, 0.25) is 0 Å². The van der Waals surface area contributed by atoms with Gasteiger partial charge in [0.1, 0.15) is 12.2 Å². The third-order valence-electron chi connectivity index (χ3n) is 15.7. The van der Waals surface area contributed by atoms with E-state index in [-0.39, 0.29) is 36.6 Å². The number of ether oxygens (including phenoxy) is 3. The number of benzene rings is 2. The second-order valence-electron chi connectivity index (χ2n) is 22.7. The Bertz CT molecular complexity index is 2490. The monoisotopic (exact) mass is 1130 g/mol. The Hall–Kier alpha value is -4.17. The van der Waals surface area contributed by atoms with E-state index in [4.69, 9.17) is 14.2 Å². The first-order valence-electron chi connectivity index (χ1n) is 31.5. The topological polar surface area (TPSA) is 184 Å². The molecular weight excluding hydrogens is 1030 g/mol. The molecule has 80 heavy (non-hydrogen) atoms. The van der Waals surface area contributed by atoms with E-state index in [1.807, 2.05) is 60.7 Å². The SMILES string of the molecule is CCCCCCCCCCCCCCCCOCCCn1c(=O)c(C(CCCOCCCCCCCCCCCCCCCC)(Cc2ccccc2)Cc2ccccc2)c(-n2cc(C)c(=O)[nH]c2=O)n(CCOCP(=O)(O)O)c1=O. The molecule has 0 aliphatic carbocycles. The lowest BCUT2D eigenvalue weighted by molar-refractivity contribution is 0.119. The van der Waals surface area contributed by atoms with Gasteiger partial charge in [-0.2, -0.15) is 0 Å². The van der Waals surface area contributed by atoms with E-state index in [1.165, 1.54) is 174 Å². The van der Waals surface area contributed by atoms with Gasteiger partial charge < -0.3 is 24.0 Å². The number of aromatic nitrogens is 4. The summed E-state index contributed by atoms with van der Waals surface area (Å²) in [5, 5.41) is 0. The van der Waals surface area contributed by atoms with Crippen molar-refractivity contribution in [1.29, 1.82) is 0 Å². The smallest absolute Gasteiger partial charge is 0.350 e. The normalized spacial score (nSPS) is 12.0. The summed E-state index contributed by atoms with van der Waals surface area (Å²) in [7, 11) is -4.59. The molecule has 14 nitrogen and oxygen atoms in total. The first kappa shape index (κ1) is 68.3. The summed E-state index contributed by atoms with van der Waals surface area (Å²) in [5.41, 5.74) is -1.54. The molecule has 3 N–H and O–H groups in total. The molecule has 2 aromatic heterocycles. The van der Waals surface area contributed by atoms with Gasteiger partial charge in [-0.05, 0) is 63.0 Å². The van der Waals surface area contributed by atoms with E-state index in [0.717, 1.165) is 36.8 Å². The number of H-pyrrole nitrogens is 1. The van der Waals surface area contributed by atoms with Crippen LogP contribution in [0.1, 0.15) is 235 Å². The Morgan fingerprint density at radius 1 is 0.500 bits per heavy atom. The Balaban J connectivity index is 1.59. The molecule has 0 unspecified atom stereocenters. The molecule has 0 amide bonds. The predicted octanol–water partition coefficient (Wildman–Crippen LogP) is 14.2. The highest BCUT2D eigenvalue weighted by Crippen LogP contribution is 2.39. The zero-order valence-electron chi connectivity index (χ0n) is 49.8. The lowest BCUT2D eigenvalue weighted by Crippen LogP contribution is -2.51.